The average Bonchev–Trinajstić information content (AvgIpc) is 2.59. The second-order valence-corrected chi connectivity index (χ2v) is 4.66. The molecule has 112 valence electrons. The molecule has 0 spiro atoms. The van der Waals surface area contributed by atoms with Gasteiger partial charge in [-0.1, -0.05) is 0 Å². The molecule has 1 aromatic carbocycles. The maximum absolute atomic E-state index is 5.35. The minimum Gasteiger partial charge on any atom is -0.493 e. The normalized spacial score (nSPS) is 10.5. The Hall–Kier alpha value is -2.89. The number of rotatable bonds is 5. The van der Waals surface area contributed by atoms with Crippen LogP contribution < -0.4 is 14.8 Å². The van der Waals surface area contributed by atoms with Gasteiger partial charge in [-0.05, 0) is 23.8 Å². The minimum atomic E-state index is 0.647. The first-order valence-corrected chi connectivity index (χ1v) is 6.81. The third-order valence-corrected chi connectivity index (χ3v) is 3.35. The molecule has 0 aliphatic carbocycles. The molecule has 0 amide bonds. The summed E-state index contributed by atoms with van der Waals surface area (Å²) >= 11 is 0. The molecule has 0 bridgehead atoms. The van der Waals surface area contributed by atoms with Gasteiger partial charge in [-0.3, -0.25) is 4.98 Å². The summed E-state index contributed by atoms with van der Waals surface area (Å²) in [7, 11) is 3.21. The lowest BCUT2D eigenvalue weighted by Gasteiger charge is -2.12. The van der Waals surface area contributed by atoms with Gasteiger partial charge in [0.25, 0.3) is 0 Å². The number of hydrogen-bond acceptors (Lipinski definition) is 6. The zero-order chi connectivity index (χ0) is 15.4. The largest absolute Gasteiger partial charge is 0.493 e. The number of methoxy groups -OCH3 is 2. The van der Waals surface area contributed by atoms with Crippen LogP contribution >= 0.6 is 0 Å². The Morgan fingerprint density at radius 3 is 2.45 bits per heavy atom. The van der Waals surface area contributed by atoms with E-state index in [1.807, 2.05) is 24.3 Å². The Balaban J connectivity index is 1.95. The molecule has 0 aliphatic heterocycles. The van der Waals surface area contributed by atoms with E-state index in [9.17, 15) is 0 Å². The number of ether oxygens (including phenoxy) is 2. The highest BCUT2D eigenvalue weighted by atomic mass is 16.5. The Morgan fingerprint density at radius 1 is 1.00 bits per heavy atom. The lowest BCUT2D eigenvalue weighted by atomic mass is 10.2. The number of benzene rings is 1. The van der Waals surface area contributed by atoms with Crippen molar-refractivity contribution in [2.75, 3.05) is 19.5 Å². The highest BCUT2D eigenvalue weighted by Crippen LogP contribution is 2.33. The molecule has 0 aliphatic rings. The zero-order valence-corrected chi connectivity index (χ0v) is 12.4. The number of aromatic nitrogens is 3. The van der Waals surface area contributed by atoms with Gasteiger partial charge in [-0.2, -0.15) is 0 Å². The van der Waals surface area contributed by atoms with Crippen LogP contribution in [0.4, 0.5) is 5.82 Å². The zero-order valence-electron chi connectivity index (χ0n) is 12.4. The molecule has 6 heteroatoms. The first-order valence-electron chi connectivity index (χ1n) is 6.81. The van der Waals surface area contributed by atoms with Gasteiger partial charge in [-0.25, -0.2) is 9.97 Å². The SMILES string of the molecule is COc1cc2ncnc(NCc3ccncc3)c2cc1OC. The topological polar surface area (TPSA) is 69.2 Å². The Morgan fingerprint density at radius 2 is 1.73 bits per heavy atom. The molecule has 0 unspecified atom stereocenters. The van der Waals surface area contributed by atoms with E-state index in [2.05, 4.69) is 20.3 Å². The Bertz CT molecular complexity index is 778. The smallest absolute Gasteiger partial charge is 0.162 e. The van der Waals surface area contributed by atoms with Crippen molar-refractivity contribution < 1.29 is 9.47 Å². The van der Waals surface area contributed by atoms with Crippen molar-refractivity contribution in [1.29, 1.82) is 0 Å². The summed E-state index contributed by atoms with van der Waals surface area (Å²) in [6.07, 6.45) is 5.06. The van der Waals surface area contributed by atoms with E-state index in [1.54, 1.807) is 26.6 Å². The molecule has 6 nitrogen and oxygen atoms in total. The predicted molar refractivity (Wildman–Crippen MR) is 84.2 cm³/mol. The fourth-order valence-corrected chi connectivity index (χ4v) is 2.21. The van der Waals surface area contributed by atoms with Gasteiger partial charge in [-0.15, -0.1) is 0 Å². The molecular formula is C16H16N4O2. The fourth-order valence-electron chi connectivity index (χ4n) is 2.21. The van der Waals surface area contributed by atoms with E-state index in [4.69, 9.17) is 9.47 Å². The third kappa shape index (κ3) is 2.76. The molecule has 0 radical (unpaired) electrons. The highest BCUT2D eigenvalue weighted by Gasteiger charge is 2.10. The van der Waals surface area contributed by atoms with Crippen LogP contribution in [-0.4, -0.2) is 29.2 Å². The number of hydrogen-bond donors (Lipinski definition) is 1. The van der Waals surface area contributed by atoms with Crippen molar-refractivity contribution in [3.05, 3.63) is 48.5 Å². The maximum Gasteiger partial charge on any atom is 0.162 e. The number of nitrogens with zero attached hydrogens (tertiary/aromatic N) is 3. The first-order chi connectivity index (χ1) is 10.8. The second-order valence-electron chi connectivity index (χ2n) is 4.66. The standard InChI is InChI=1S/C16H16N4O2/c1-21-14-7-12-13(8-15(14)22-2)19-10-20-16(12)18-9-11-3-5-17-6-4-11/h3-8,10H,9H2,1-2H3,(H,18,19,20). The van der Waals surface area contributed by atoms with Crippen LogP contribution in [0.15, 0.2) is 43.0 Å². The van der Waals surface area contributed by atoms with Crippen molar-refractivity contribution in [1.82, 2.24) is 15.0 Å². The third-order valence-electron chi connectivity index (χ3n) is 3.35. The molecule has 3 aromatic rings. The molecular weight excluding hydrogens is 280 g/mol. The van der Waals surface area contributed by atoms with Crippen LogP contribution in [0.2, 0.25) is 0 Å². The van der Waals surface area contributed by atoms with Crippen LogP contribution in [0.25, 0.3) is 10.9 Å². The van der Waals surface area contributed by atoms with Crippen LogP contribution in [-0.2, 0) is 6.54 Å². The Kier molecular flexibility index (Phi) is 4.00. The van der Waals surface area contributed by atoms with Crippen LogP contribution in [0.5, 0.6) is 11.5 Å². The van der Waals surface area contributed by atoms with E-state index in [-0.39, 0.29) is 0 Å². The van der Waals surface area contributed by atoms with Crippen LogP contribution in [0.3, 0.4) is 0 Å². The van der Waals surface area contributed by atoms with Gasteiger partial charge in [0.15, 0.2) is 11.5 Å². The van der Waals surface area contributed by atoms with Crippen molar-refractivity contribution in [3.8, 4) is 11.5 Å². The number of fused-ring (bicyclic) bond motifs is 1. The summed E-state index contributed by atoms with van der Waals surface area (Å²) in [5, 5.41) is 4.20. The summed E-state index contributed by atoms with van der Waals surface area (Å²) < 4.78 is 10.6. The number of anilines is 1. The summed E-state index contributed by atoms with van der Waals surface area (Å²) in [6, 6.07) is 7.64. The van der Waals surface area contributed by atoms with Crippen LogP contribution in [0, 0.1) is 0 Å². The first kappa shape index (κ1) is 14.1. The molecule has 0 saturated carbocycles. The van der Waals surface area contributed by atoms with Crippen molar-refractivity contribution in [2.24, 2.45) is 0 Å². The van der Waals surface area contributed by atoms with Crippen molar-refractivity contribution >= 4 is 16.7 Å². The van der Waals surface area contributed by atoms with E-state index in [1.165, 1.54) is 6.33 Å². The van der Waals surface area contributed by atoms with E-state index in [0.717, 1.165) is 22.3 Å². The Labute approximate surface area is 128 Å². The van der Waals surface area contributed by atoms with E-state index in [0.29, 0.717) is 18.0 Å². The second kappa shape index (κ2) is 6.26. The molecule has 0 atom stereocenters. The fraction of sp³-hybridized carbons (Fsp3) is 0.188. The summed E-state index contributed by atoms with van der Waals surface area (Å²) in [5.41, 5.74) is 1.92. The van der Waals surface area contributed by atoms with Gasteiger partial charge in [0, 0.05) is 30.4 Å². The lowest BCUT2D eigenvalue weighted by molar-refractivity contribution is 0.356. The average molecular weight is 296 g/mol. The van der Waals surface area contributed by atoms with Crippen molar-refractivity contribution in [2.45, 2.75) is 6.54 Å². The van der Waals surface area contributed by atoms with Crippen LogP contribution in [0.1, 0.15) is 5.56 Å². The van der Waals surface area contributed by atoms with E-state index < -0.39 is 0 Å². The quantitative estimate of drug-likeness (QED) is 0.780. The molecule has 22 heavy (non-hydrogen) atoms. The maximum atomic E-state index is 5.35. The predicted octanol–water partition coefficient (Wildman–Crippen LogP) is 2.65. The lowest BCUT2D eigenvalue weighted by Crippen LogP contribution is -2.03. The van der Waals surface area contributed by atoms with Gasteiger partial charge in [0.1, 0.15) is 12.1 Å². The van der Waals surface area contributed by atoms with Gasteiger partial charge >= 0.3 is 0 Å². The number of pyridine rings is 1. The summed E-state index contributed by atoms with van der Waals surface area (Å²) in [5.74, 6) is 2.05. The molecule has 1 N–H and O–H groups in total. The molecule has 2 aromatic heterocycles. The molecule has 3 rings (SSSR count). The minimum absolute atomic E-state index is 0.647. The van der Waals surface area contributed by atoms with Gasteiger partial charge in [0.05, 0.1) is 19.7 Å². The van der Waals surface area contributed by atoms with Crippen molar-refractivity contribution in [3.63, 3.8) is 0 Å². The highest BCUT2D eigenvalue weighted by molar-refractivity contribution is 5.91. The van der Waals surface area contributed by atoms with Gasteiger partial charge in [0.2, 0.25) is 0 Å². The molecule has 0 saturated heterocycles. The monoisotopic (exact) mass is 296 g/mol. The summed E-state index contributed by atoms with van der Waals surface area (Å²) in [4.78, 5) is 12.6. The number of nitrogens with one attached hydrogen (secondary N) is 1. The summed E-state index contributed by atoms with van der Waals surface area (Å²) in [6.45, 7) is 0.656. The van der Waals surface area contributed by atoms with E-state index >= 15 is 0 Å². The van der Waals surface area contributed by atoms with Gasteiger partial charge < -0.3 is 14.8 Å². The molecule has 2 heterocycles. The molecule has 0 fully saturated rings.